The number of halogens is 1. The molecule has 0 radical (unpaired) electrons. The Labute approximate surface area is 187 Å². The maximum absolute atomic E-state index is 13.9. The van der Waals surface area contributed by atoms with Crippen LogP contribution in [0, 0.1) is 6.92 Å². The number of rotatable bonds is 5. The number of fused-ring (bicyclic) bond motifs is 1. The Hall–Kier alpha value is -2.95. The molecule has 3 aromatic carbocycles. The second kappa shape index (κ2) is 8.66. The molecule has 0 fully saturated rings. The van der Waals surface area contributed by atoms with Crippen LogP contribution in [-0.2, 0) is 16.0 Å². The van der Waals surface area contributed by atoms with Crippen LogP contribution in [0.15, 0.2) is 72.8 Å². The summed E-state index contributed by atoms with van der Waals surface area (Å²) < 4.78 is -0.00653. The maximum atomic E-state index is 13.9. The van der Waals surface area contributed by atoms with Gasteiger partial charge in [-0.05, 0) is 24.1 Å². The average Bonchev–Trinajstić information content (AvgIpc) is 2.78. The number of para-hydroxylation sites is 1. The fourth-order valence-electron chi connectivity index (χ4n) is 4.90. The molecule has 0 saturated carbocycles. The number of quaternary nitrogens is 1. The summed E-state index contributed by atoms with van der Waals surface area (Å²) in [5.41, 5.74) is 5.29. The van der Waals surface area contributed by atoms with Crippen molar-refractivity contribution in [2.45, 2.75) is 32.2 Å². The zero-order chi connectivity index (χ0) is 22.0. The van der Waals surface area contributed by atoms with Gasteiger partial charge in [0.05, 0.1) is 19.4 Å². The first kappa shape index (κ1) is 21.3. The minimum Gasteiger partial charge on any atom is -0.481 e. The van der Waals surface area contributed by atoms with Crippen LogP contribution in [-0.4, -0.2) is 23.5 Å². The summed E-state index contributed by atoms with van der Waals surface area (Å²) in [5.74, 6) is -1.10. The van der Waals surface area contributed by atoms with Gasteiger partial charge in [0.1, 0.15) is 5.02 Å². The van der Waals surface area contributed by atoms with Crippen LogP contribution < -0.4 is 4.48 Å². The van der Waals surface area contributed by atoms with Crippen molar-refractivity contribution in [3.8, 4) is 0 Å². The van der Waals surface area contributed by atoms with Crippen LogP contribution in [0.3, 0.4) is 0 Å². The van der Waals surface area contributed by atoms with Gasteiger partial charge in [0, 0.05) is 23.6 Å². The van der Waals surface area contributed by atoms with Crippen LogP contribution in [0.4, 0.5) is 5.69 Å². The summed E-state index contributed by atoms with van der Waals surface area (Å²) in [7, 11) is 0. The number of carbonyl (C=O) groups excluding carboxylic acids is 1. The third kappa shape index (κ3) is 3.78. The molecule has 1 amide bonds. The van der Waals surface area contributed by atoms with Crippen molar-refractivity contribution in [2.75, 3.05) is 6.54 Å². The first-order valence-corrected chi connectivity index (χ1v) is 10.8. The first-order valence-electron chi connectivity index (χ1n) is 10.5. The van der Waals surface area contributed by atoms with Gasteiger partial charge in [0.2, 0.25) is 0 Å². The van der Waals surface area contributed by atoms with Gasteiger partial charge in [-0.3, -0.25) is 4.79 Å². The van der Waals surface area contributed by atoms with Gasteiger partial charge >= 0.3 is 11.9 Å². The molecule has 158 valence electrons. The largest absolute Gasteiger partial charge is 0.481 e. The predicted octanol–water partition coefficient (Wildman–Crippen LogP) is 5.69. The standard InChI is InChI=1S/C26H24ClNO3/c1-18-8-7-11-21-20(18)16-17-28(24(29)14-15-25(30)31,23-13-6-5-12-22(23)27)26(21)19-9-3-2-4-10-19/h2-13,26H,14-17H2,1H3/p+1. The number of carbonyl (C=O) groups is 2. The van der Waals surface area contributed by atoms with E-state index >= 15 is 0 Å². The van der Waals surface area contributed by atoms with E-state index < -0.39 is 5.97 Å². The highest BCUT2D eigenvalue weighted by Gasteiger charge is 2.51. The lowest BCUT2D eigenvalue weighted by atomic mass is 9.82. The molecule has 1 N–H and O–H groups in total. The summed E-state index contributed by atoms with van der Waals surface area (Å²) >= 11 is 6.68. The predicted molar refractivity (Wildman–Crippen MR) is 123 cm³/mol. The highest BCUT2D eigenvalue weighted by Crippen LogP contribution is 2.48. The molecule has 31 heavy (non-hydrogen) atoms. The number of amides is 1. The normalized spacial score (nSPS) is 20.1. The lowest BCUT2D eigenvalue weighted by Gasteiger charge is -2.46. The SMILES string of the molecule is Cc1cccc2c1CC[N+](C(=O)CCC(=O)O)(c1ccccc1Cl)C2c1ccccc1. The van der Waals surface area contributed by atoms with E-state index in [1.807, 2.05) is 54.6 Å². The quantitative estimate of drug-likeness (QED) is 0.524. The van der Waals surface area contributed by atoms with Crippen LogP contribution in [0.2, 0.25) is 5.02 Å². The molecule has 0 aromatic heterocycles. The van der Waals surface area contributed by atoms with Crippen molar-refractivity contribution in [2.24, 2.45) is 0 Å². The van der Waals surface area contributed by atoms with Gasteiger partial charge in [-0.15, -0.1) is 0 Å². The van der Waals surface area contributed by atoms with E-state index in [2.05, 4.69) is 19.1 Å². The third-order valence-electron chi connectivity index (χ3n) is 6.29. The van der Waals surface area contributed by atoms with Crippen LogP contribution in [0.25, 0.3) is 0 Å². The van der Waals surface area contributed by atoms with Crippen molar-refractivity contribution in [1.82, 2.24) is 4.48 Å². The smallest absolute Gasteiger partial charge is 0.320 e. The first-order chi connectivity index (χ1) is 14.9. The van der Waals surface area contributed by atoms with Crippen LogP contribution in [0.5, 0.6) is 0 Å². The highest BCUT2D eigenvalue weighted by molar-refractivity contribution is 6.33. The molecule has 0 aliphatic carbocycles. The van der Waals surface area contributed by atoms with Gasteiger partial charge in [-0.2, -0.15) is 0 Å². The number of aryl methyl sites for hydroxylation is 1. The Morgan fingerprint density at radius 3 is 2.39 bits per heavy atom. The molecule has 3 aromatic rings. The van der Waals surface area contributed by atoms with Crippen molar-refractivity contribution < 1.29 is 14.7 Å². The molecule has 1 heterocycles. The molecule has 4 rings (SSSR count). The Bertz CT molecular complexity index is 1130. The molecular weight excluding hydrogens is 410 g/mol. The molecule has 2 unspecified atom stereocenters. The number of aliphatic carboxylic acids is 1. The molecule has 0 bridgehead atoms. The Balaban J connectivity index is 2.01. The van der Waals surface area contributed by atoms with E-state index in [1.165, 1.54) is 11.1 Å². The molecule has 1 aliphatic heterocycles. The lowest BCUT2D eigenvalue weighted by molar-refractivity contribution is -0.141. The fourth-order valence-corrected chi connectivity index (χ4v) is 5.18. The van der Waals surface area contributed by atoms with Gasteiger partial charge in [0.25, 0.3) is 0 Å². The van der Waals surface area contributed by atoms with E-state index in [-0.39, 0.29) is 29.3 Å². The van der Waals surface area contributed by atoms with E-state index in [0.29, 0.717) is 11.6 Å². The number of carboxylic acid groups (broad SMARTS) is 1. The molecule has 4 nitrogen and oxygen atoms in total. The zero-order valence-electron chi connectivity index (χ0n) is 17.4. The van der Waals surface area contributed by atoms with Crippen molar-refractivity contribution >= 4 is 29.2 Å². The molecule has 1 aliphatic rings. The minimum atomic E-state index is -0.977. The Morgan fingerprint density at radius 1 is 0.968 bits per heavy atom. The van der Waals surface area contributed by atoms with E-state index in [1.54, 1.807) is 6.07 Å². The topological polar surface area (TPSA) is 54.4 Å². The molecule has 0 saturated heterocycles. The third-order valence-corrected chi connectivity index (χ3v) is 6.61. The molecule has 2 atom stereocenters. The number of benzene rings is 3. The zero-order valence-corrected chi connectivity index (χ0v) is 18.2. The summed E-state index contributed by atoms with van der Waals surface area (Å²) in [6, 6.07) is 23.3. The second-order valence-corrected chi connectivity index (χ2v) is 8.44. The van der Waals surface area contributed by atoms with Crippen molar-refractivity contribution in [1.29, 1.82) is 0 Å². The Kier molecular flexibility index (Phi) is 5.94. The van der Waals surface area contributed by atoms with Crippen LogP contribution in [0.1, 0.15) is 41.1 Å². The summed E-state index contributed by atoms with van der Waals surface area (Å²) in [5, 5.41) is 9.78. The van der Waals surface area contributed by atoms with E-state index in [4.69, 9.17) is 11.6 Å². The summed E-state index contributed by atoms with van der Waals surface area (Å²) in [4.78, 5) is 25.2. The second-order valence-electron chi connectivity index (χ2n) is 8.04. The summed E-state index contributed by atoms with van der Waals surface area (Å²) in [6.07, 6.45) is 0.464. The number of carboxylic acids is 1. The monoisotopic (exact) mass is 434 g/mol. The minimum absolute atomic E-state index is 0.00653. The van der Waals surface area contributed by atoms with Crippen molar-refractivity contribution in [3.05, 3.63) is 100 Å². The van der Waals surface area contributed by atoms with Gasteiger partial charge in [-0.1, -0.05) is 72.3 Å². The molecule has 5 heteroatoms. The maximum Gasteiger partial charge on any atom is 0.320 e. The van der Waals surface area contributed by atoms with Gasteiger partial charge in [0.15, 0.2) is 11.7 Å². The number of hydrogen-bond donors (Lipinski definition) is 1. The van der Waals surface area contributed by atoms with Gasteiger partial charge < -0.3 is 5.11 Å². The van der Waals surface area contributed by atoms with E-state index in [0.717, 1.165) is 23.2 Å². The molecule has 0 spiro atoms. The lowest BCUT2D eigenvalue weighted by Crippen LogP contribution is -2.60. The Morgan fingerprint density at radius 2 is 1.68 bits per heavy atom. The van der Waals surface area contributed by atoms with Crippen molar-refractivity contribution in [3.63, 3.8) is 0 Å². The van der Waals surface area contributed by atoms with E-state index in [9.17, 15) is 14.7 Å². The highest BCUT2D eigenvalue weighted by atomic mass is 35.5. The summed E-state index contributed by atoms with van der Waals surface area (Å²) in [6.45, 7) is 2.63. The number of nitrogens with zero attached hydrogens (tertiary/aromatic N) is 1. The number of hydrogen-bond acceptors (Lipinski definition) is 2. The van der Waals surface area contributed by atoms with Gasteiger partial charge in [-0.25, -0.2) is 9.28 Å². The van der Waals surface area contributed by atoms with Crippen LogP contribution >= 0.6 is 11.6 Å². The average molecular weight is 435 g/mol. The fraction of sp³-hybridized carbons (Fsp3) is 0.231. The molecular formula is C26H25ClNO3+.